The van der Waals surface area contributed by atoms with Gasteiger partial charge >= 0.3 is 0 Å². The average molecular weight is 466 g/mol. The Bertz CT molecular complexity index is 1490. The number of carbonyl (C=O) groups is 1. The van der Waals surface area contributed by atoms with E-state index in [2.05, 4.69) is 11.4 Å². The van der Waals surface area contributed by atoms with E-state index in [0.29, 0.717) is 30.5 Å². The van der Waals surface area contributed by atoms with Crippen LogP contribution in [-0.2, 0) is 19.4 Å². The minimum absolute atomic E-state index is 0.139. The minimum atomic E-state index is -0.571. The quantitative estimate of drug-likeness (QED) is 0.311. The second-order valence-electron chi connectivity index (χ2n) is 8.03. The van der Waals surface area contributed by atoms with Gasteiger partial charge in [0.1, 0.15) is 5.56 Å². The van der Waals surface area contributed by atoms with Crippen LogP contribution in [0.1, 0.15) is 27.0 Å². The predicted octanol–water partition coefficient (Wildman–Crippen LogP) is 4.00. The third-order valence-corrected chi connectivity index (χ3v) is 5.81. The summed E-state index contributed by atoms with van der Waals surface area (Å²) < 4.78 is 1.41. The number of fused-ring (bicyclic) bond motifs is 1. The number of hydrogen-bond donors (Lipinski definition) is 1. The molecule has 1 heterocycles. The van der Waals surface area contributed by atoms with Gasteiger partial charge in [-0.15, -0.1) is 0 Å². The Hall–Kier alpha value is -4.77. The molecule has 174 valence electrons. The fraction of sp³-hybridized carbons (Fsp3) is 0.148. The molecule has 1 amide bonds. The van der Waals surface area contributed by atoms with Crippen LogP contribution >= 0.6 is 0 Å². The molecule has 0 radical (unpaired) electrons. The van der Waals surface area contributed by atoms with Gasteiger partial charge < -0.3 is 9.88 Å². The van der Waals surface area contributed by atoms with E-state index in [0.717, 1.165) is 11.1 Å². The number of aromatic nitrogens is 1. The van der Waals surface area contributed by atoms with E-state index in [-0.39, 0.29) is 23.2 Å². The van der Waals surface area contributed by atoms with Crippen LogP contribution in [0.4, 0.5) is 5.69 Å². The summed E-state index contributed by atoms with van der Waals surface area (Å²) in [5.74, 6) is -0.571. The summed E-state index contributed by atoms with van der Waals surface area (Å²) in [6.45, 7) is 0.538. The van der Waals surface area contributed by atoms with Gasteiger partial charge in [-0.3, -0.25) is 19.7 Å². The molecule has 0 aliphatic carbocycles. The van der Waals surface area contributed by atoms with Crippen molar-refractivity contribution in [1.82, 2.24) is 9.88 Å². The molecule has 0 bridgehead atoms. The van der Waals surface area contributed by atoms with Crippen LogP contribution in [0.5, 0.6) is 0 Å². The Balaban J connectivity index is 1.67. The lowest BCUT2D eigenvalue weighted by atomic mass is 10.1. The highest BCUT2D eigenvalue weighted by molar-refractivity contribution is 5.99. The molecule has 0 spiro atoms. The highest BCUT2D eigenvalue weighted by Crippen LogP contribution is 2.25. The highest BCUT2D eigenvalue weighted by Gasteiger charge is 2.20. The molecule has 8 heteroatoms. The number of hydrogen-bond acceptors (Lipinski definition) is 5. The van der Waals surface area contributed by atoms with E-state index < -0.39 is 16.4 Å². The Morgan fingerprint density at radius 3 is 2.37 bits per heavy atom. The number of nitrogens with zero attached hydrogens (tertiary/aromatic N) is 3. The van der Waals surface area contributed by atoms with Crippen molar-refractivity contribution in [2.24, 2.45) is 0 Å². The zero-order chi connectivity index (χ0) is 24.8. The summed E-state index contributed by atoms with van der Waals surface area (Å²) >= 11 is 0. The van der Waals surface area contributed by atoms with Crippen LogP contribution < -0.4 is 10.9 Å². The Morgan fingerprint density at radius 1 is 0.971 bits per heavy atom. The first-order valence-electron chi connectivity index (χ1n) is 11.1. The largest absolute Gasteiger partial charge is 0.352 e. The van der Waals surface area contributed by atoms with Gasteiger partial charge in [0.25, 0.3) is 17.2 Å². The van der Waals surface area contributed by atoms with Crippen LogP contribution in [0, 0.1) is 21.4 Å². The Labute approximate surface area is 201 Å². The van der Waals surface area contributed by atoms with Gasteiger partial charge in [-0.1, -0.05) is 48.5 Å². The minimum Gasteiger partial charge on any atom is -0.352 e. The third kappa shape index (κ3) is 5.25. The molecular formula is C27H22N4O4. The molecule has 35 heavy (non-hydrogen) atoms. The second kappa shape index (κ2) is 10.4. The SMILES string of the molecule is N#Cc1ccc(CCn2c(=O)c(C(=O)NCCc3ccccc3)cc3c([N+](=O)[O-])cccc32)cc1. The standard InChI is InChI=1S/C27H22N4O4/c28-18-21-11-9-20(10-12-21)14-16-30-24-7-4-8-25(31(34)35)22(24)17-23(27(30)33)26(32)29-15-13-19-5-2-1-3-6-19/h1-12,17H,13-16H2,(H,29,32). The first-order valence-corrected chi connectivity index (χ1v) is 11.1. The van der Waals surface area contributed by atoms with E-state index in [1.807, 2.05) is 30.3 Å². The number of rotatable bonds is 8. The number of nitrogens with one attached hydrogen (secondary N) is 1. The van der Waals surface area contributed by atoms with Crippen molar-refractivity contribution in [3.05, 3.63) is 122 Å². The molecule has 4 rings (SSSR count). The van der Waals surface area contributed by atoms with E-state index in [4.69, 9.17) is 5.26 Å². The predicted molar refractivity (Wildman–Crippen MR) is 132 cm³/mol. The molecule has 0 saturated carbocycles. The van der Waals surface area contributed by atoms with Crippen molar-refractivity contribution < 1.29 is 9.72 Å². The van der Waals surface area contributed by atoms with Gasteiger partial charge in [-0.25, -0.2) is 0 Å². The maximum Gasteiger partial charge on any atom is 0.278 e. The summed E-state index contributed by atoms with van der Waals surface area (Å²) in [7, 11) is 0. The normalized spacial score (nSPS) is 10.6. The van der Waals surface area contributed by atoms with Crippen molar-refractivity contribution in [3.8, 4) is 6.07 Å². The number of nitro groups is 1. The first kappa shape index (κ1) is 23.4. The van der Waals surface area contributed by atoms with Crippen molar-refractivity contribution in [3.63, 3.8) is 0 Å². The third-order valence-electron chi connectivity index (χ3n) is 5.81. The number of pyridine rings is 1. The van der Waals surface area contributed by atoms with Gasteiger partial charge in [0.05, 0.1) is 27.5 Å². The van der Waals surface area contributed by atoms with Gasteiger partial charge in [-0.2, -0.15) is 5.26 Å². The molecule has 0 saturated heterocycles. The van der Waals surface area contributed by atoms with Crippen molar-refractivity contribution in [2.45, 2.75) is 19.4 Å². The smallest absolute Gasteiger partial charge is 0.278 e. The lowest BCUT2D eigenvalue weighted by molar-refractivity contribution is -0.383. The molecule has 3 aromatic carbocycles. The zero-order valence-electron chi connectivity index (χ0n) is 18.8. The molecular weight excluding hydrogens is 444 g/mol. The molecule has 0 fully saturated rings. The maximum absolute atomic E-state index is 13.3. The fourth-order valence-corrected chi connectivity index (χ4v) is 3.98. The topological polar surface area (TPSA) is 118 Å². The molecule has 8 nitrogen and oxygen atoms in total. The van der Waals surface area contributed by atoms with Crippen molar-refractivity contribution in [1.29, 1.82) is 5.26 Å². The van der Waals surface area contributed by atoms with Crippen LogP contribution in [0.25, 0.3) is 10.9 Å². The molecule has 0 atom stereocenters. The fourth-order valence-electron chi connectivity index (χ4n) is 3.98. The second-order valence-corrected chi connectivity index (χ2v) is 8.03. The Kier molecular flexibility index (Phi) is 6.98. The van der Waals surface area contributed by atoms with E-state index in [1.165, 1.54) is 22.8 Å². The molecule has 0 aliphatic heterocycles. The van der Waals surface area contributed by atoms with Crippen LogP contribution in [0.15, 0.2) is 83.7 Å². The molecule has 1 N–H and O–H groups in total. The molecule has 1 aromatic heterocycles. The van der Waals surface area contributed by atoms with Crippen LogP contribution in [0.2, 0.25) is 0 Å². The summed E-state index contributed by atoms with van der Waals surface area (Å²) in [6.07, 6.45) is 1.04. The zero-order valence-corrected chi connectivity index (χ0v) is 18.8. The summed E-state index contributed by atoms with van der Waals surface area (Å²) in [4.78, 5) is 37.4. The Morgan fingerprint density at radius 2 is 1.69 bits per heavy atom. The van der Waals surface area contributed by atoms with E-state index >= 15 is 0 Å². The van der Waals surface area contributed by atoms with Crippen molar-refractivity contribution >= 4 is 22.5 Å². The first-order chi connectivity index (χ1) is 17.0. The number of nitro benzene ring substituents is 1. The lowest BCUT2D eigenvalue weighted by Gasteiger charge is -2.13. The summed E-state index contributed by atoms with van der Waals surface area (Å²) in [5.41, 5.74) is 2.03. The van der Waals surface area contributed by atoms with Gasteiger partial charge in [-0.05, 0) is 48.2 Å². The molecule has 0 unspecified atom stereocenters. The number of carbonyl (C=O) groups excluding carboxylic acids is 1. The maximum atomic E-state index is 13.3. The number of non-ortho nitro benzene ring substituents is 1. The molecule has 4 aromatic rings. The molecule has 0 aliphatic rings. The van der Waals surface area contributed by atoms with Gasteiger partial charge in [0.15, 0.2) is 0 Å². The average Bonchev–Trinajstić information content (AvgIpc) is 2.88. The summed E-state index contributed by atoms with van der Waals surface area (Å²) in [5, 5.41) is 23.6. The van der Waals surface area contributed by atoms with Crippen molar-refractivity contribution in [2.75, 3.05) is 6.54 Å². The monoisotopic (exact) mass is 466 g/mol. The van der Waals surface area contributed by atoms with E-state index in [9.17, 15) is 19.7 Å². The van der Waals surface area contributed by atoms with Crippen LogP contribution in [0.3, 0.4) is 0 Å². The number of amides is 1. The van der Waals surface area contributed by atoms with E-state index in [1.54, 1.807) is 30.3 Å². The number of aryl methyl sites for hydroxylation is 2. The number of nitriles is 1. The lowest BCUT2D eigenvalue weighted by Crippen LogP contribution is -2.34. The number of benzene rings is 3. The van der Waals surface area contributed by atoms with Gasteiger partial charge in [0.2, 0.25) is 0 Å². The summed E-state index contributed by atoms with van der Waals surface area (Å²) in [6, 6.07) is 24.5. The van der Waals surface area contributed by atoms with Gasteiger partial charge in [0, 0.05) is 19.2 Å². The highest BCUT2D eigenvalue weighted by atomic mass is 16.6. The van der Waals surface area contributed by atoms with Crippen LogP contribution in [-0.4, -0.2) is 21.9 Å².